The van der Waals surface area contributed by atoms with Gasteiger partial charge in [0, 0.05) is 24.4 Å². The van der Waals surface area contributed by atoms with Gasteiger partial charge in [0.2, 0.25) is 5.91 Å². The molecule has 0 radical (unpaired) electrons. The van der Waals surface area contributed by atoms with Crippen molar-refractivity contribution in [3.63, 3.8) is 0 Å². The first-order chi connectivity index (χ1) is 15.5. The predicted octanol–water partition coefficient (Wildman–Crippen LogP) is 4.11. The van der Waals surface area contributed by atoms with Crippen molar-refractivity contribution in [2.24, 2.45) is 0 Å². The number of hydrogen-bond acceptors (Lipinski definition) is 6. The van der Waals surface area contributed by atoms with Crippen LogP contribution in [0.1, 0.15) is 17.8 Å². The van der Waals surface area contributed by atoms with Crippen molar-refractivity contribution in [1.29, 1.82) is 0 Å². The number of nitrogens with zero attached hydrogens (tertiary/aromatic N) is 4. The molecule has 0 spiro atoms. The third kappa shape index (κ3) is 5.12. The molecule has 0 aliphatic rings. The number of hydrogen-bond donors (Lipinski definition) is 2. The number of methoxy groups -OCH3 is 1. The average molecular weight is 455 g/mol. The van der Waals surface area contributed by atoms with Gasteiger partial charge in [0.25, 0.3) is 0 Å². The van der Waals surface area contributed by atoms with Gasteiger partial charge in [0.15, 0.2) is 11.5 Å². The van der Waals surface area contributed by atoms with Gasteiger partial charge in [-0.2, -0.15) is 4.52 Å². The Morgan fingerprint density at radius 1 is 1.12 bits per heavy atom. The number of nitrogens with one attached hydrogen (secondary N) is 2. The van der Waals surface area contributed by atoms with Crippen molar-refractivity contribution in [3.05, 3.63) is 76.8 Å². The van der Waals surface area contributed by atoms with Gasteiger partial charge in [-0.25, -0.2) is 4.39 Å². The molecule has 2 aromatic carbocycles. The molecule has 1 amide bonds. The fourth-order valence-electron chi connectivity index (χ4n) is 3.09. The molecule has 2 heterocycles. The van der Waals surface area contributed by atoms with Crippen LogP contribution in [0.4, 0.5) is 15.9 Å². The maximum absolute atomic E-state index is 13.0. The molecular weight excluding hydrogens is 435 g/mol. The van der Waals surface area contributed by atoms with Gasteiger partial charge in [-0.1, -0.05) is 23.7 Å². The number of anilines is 2. The van der Waals surface area contributed by atoms with E-state index in [0.29, 0.717) is 46.7 Å². The number of rotatable bonds is 8. The topological polar surface area (TPSA) is 93.4 Å². The van der Waals surface area contributed by atoms with Gasteiger partial charge < -0.3 is 15.4 Å². The average Bonchev–Trinajstić information content (AvgIpc) is 3.20. The Kier molecular flexibility index (Phi) is 6.46. The number of carbonyl (C=O) groups excluding carboxylic acids is 1. The highest BCUT2D eigenvalue weighted by Gasteiger charge is 2.12. The van der Waals surface area contributed by atoms with E-state index in [2.05, 4.69) is 25.9 Å². The minimum Gasteiger partial charge on any atom is -0.495 e. The van der Waals surface area contributed by atoms with Crippen LogP contribution < -0.4 is 15.4 Å². The van der Waals surface area contributed by atoms with Crippen LogP contribution in [0.3, 0.4) is 0 Å². The fourth-order valence-corrected chi connectivity index (χ4v) is 3.27. The molecule has 8 nitrogen and oxygen atoms in total. The number of aromatic nitrogens is 4. The minimum atomic E-state index is -0.278. The van der Waals surface area contributed by atoms with E-state index in [1.165, 1.54) is 19.2 Å². The molecule has 10 heteroatoms. The highest BCUT2D eigenvalue weighted by molar-refractivity contribution is 6.31. The summed E-state index contributed by atoms with van der Waals surface area (Å²) in [6.45, 7) is 0.486. The molecule has 0 atom stereocenters. The first-order valence-corrected chi connectivity index (χ1v) is 10.2. The minimum absolute atomic E-state index is 0.172. The van der Waals surface area contributed by atoms with Crippen LogP contribution in [0.2, 0.25) is 5.02 Å². The second kappa shape index (κ2) is 9.61. The molecule has 0 saturated heterocycles. The number of ether oxygens (including phenoxy) is 1. The van der Waals surface area contributed by atoms with E-state index in [9.17, 15) is 9.18 Å². The Morgan fingerprint density at radius 2 is 1.94 bits per heavy atom. The number of carbonyl (C=O) groups is 1. The van der Waals surface area contributed by atoms with Crippen LogP contribution in [-0.2, 0) is 17.8 Å². The zero-order valence-corrected chi connectivity index (χ0v) is 17.9. The highest BCUT2D eigenvalue weighted by Crippen LogP contribution is 2.27. The molecular formula is C22H20ClFN6O2. The summed E-state index contributed by atoms with van der Waals surface area (Å²) >= 11 is 6.01. The molecule has 0 unspecified atom stereocenters. The molecule has 2 aromatic heterocycles. The summed E-state index contributed by atoms with van der Waals surface area (Å²) < 4.78 is 19.9. The summed E-state index contributed by atoms with van der Waals surface area (Å²) in [5.41, 5.74) is 2.00. The van der Waals surface area contributed by atoms with Gasteiger partial charge >= 0.3 is 0 Å². The lowest BCUT2D eigenvalue weighted by Crippen LogP contribution is -2.14. The van der Waals surface area contributed by atoms with Gasteiger partial charge in [0.1, 0.15) is 17.4 Å². The van der Waals surface area contributed by atoms with E-state index < -0.39 is 0 Å². The van der Waals surface area contributed by atoms with Crippen molar-refractivity contribution in [2.45, 2.75) is 19.4 Å². The molecule has 4 rings (SSSR count). The molecule has 0 saturated carbocycles. The Morgan fingerprint density at radius 3 is 2.72 bits per heavy atom. The molecule has 4 aromatic rings. The Bertz CT molecular complexity index is 1250. The standard InChI is InChI=1S/C22H20ClFN6O2/c1-32-18-7-4-15(23)12-17(18)26-22(31)11-10-21-28-27-20-9-8-19(29-30(20)21)25-13-14-2-5-16(24)6-3-14/h2-9,12H,10-11,13H2,1H3,(H,25,29)(H,26,31). The summed E-state index contributed by atoms with van der Waals surface area (Å²) in [5.74, 6) is 1.19. The second-order valence-corrected chi connectivity index (χ2v) is 7.41. The van der Waals surface area contributed by atoms with Crippen LogP contribution in [-0.4, -0.2) is 32.8 Å². The maximum atomic E-state index is 13.0. The Balaban J connectivity index is 1.41. The monoisotopic (exact) mass is 454 g/mol. The predicted molar refractivity (Wildman–Crippen MR) is 119 cm³/mol. The molecule has 164 valence electrons. The number of amides is 1. The normalized spacial score (nSPS) is 10.8. The van der Waals surface area contributed by atoms with E-state index in [4.69, 9.17) is 16.3 Å². The van der Waals surface area contributed by atoms with Crippen molar-refractivity contribution < 1.29 is 13.9 Å². The van der Waals surface area contributed by atoms with Crippen LogP contribution in [0.25, 0.3) is 5.65 Å². The highest BCUT2D eigenvalue weighted by atomic mass is 35.5. The van der Waals surface area contributed by atoms with E-state index in [0.717, 1.165) is 5.56 Å². The molecule has 2 N–H and O–H groups in total. The van der Waals surface area contributed by atoms with E-state index >= 15 is 0 Å². The largest absolute Gasteiger partial charge is 0.495 e. The van der Waals surface area contributed by atoms with Crippen LogP contribution >= 0.6 is 11.6 Å². The lowest BCUT2D eigenvalue weighted by atomic mass is 10.2. The van der Waals surface area contributed by atoms with E-state index in [-0.39, 0.29) is 18.1 Å². The zero-order chi connectivity index (χ0) is 22.5. The number of aryl methyl sites for hydroxylation is 1. The van der Waals surface area contributed by atoms with Gasteiger partial charge in [0.05, 0.1) is 12.8 Å². The van der Waals surface area contributed by atoms with Gasteiger partial charge in [-0.15, -0.1) is 15.3 Å². The van der Waals surface area contributed by atoms with Crippen molar-refractivity contribution >= 4 is 34.7 Å². The van der Waals surface area contributed by atoms with Crippen molar-refractivity contribution in [2.75, 3.05) is 17.7 Å². The first kappa shape index (κ1) is 21.5. The van der Waals surface area contributed by atoms with Crippen LogP contribution in [0.5, 0.6) is 5.75 Å². The summed E-state index contributed by atoms with van der Waals surface area (Å²) in [7, 11) is 1.52. The third-order valence-electron chi connectivity index (χ3n) is 4.73. The number of benzene rings is 2. The fraction of sp³-hybridized carbons (Fsp3) is 0.182. The quantitative estimate of drug-likeness (QED) is 0.416. The second-order valence-electron chi connectivity index (χ2n) is 6.98. The van der Waals surface area contributed by atoms with E-state index in [1.54, 1.807) is 47.0 Å². The zero-order valence-electron chi connectivity index (χ0n) is 17.2. The smallest absolute Gasteiger partial charge is 0.224 e. The lowest BCUT2D eigenvalue weighted by molar-refractivity contribution is -0.116. The first-order valence-electron chi connectivity index (χ1n) is 9.85. The Labute approximate surface area is 188 Å². The van der Waals surface area contributed by atoms with Crippen molar-refractivity contribution in [3.8, 4) is 5.75 Å². The molecule has 32 heavy (non-hydrogen) atoms. The van der Waals surface area contributed by atoms with Crippen LogP contribution in [0.15, 0.2) is 54.6 Å². The molecule has 0 aliphatic heterocycles. The maximum Gasteiger partial charge on any atom is 0.224 e. The molecule has 0 bridgehead atoms. The number of fused-ring (bicyclic) bond motifs is 1. The molecule has 0 fully saturated rings. The lowest BCUT2D eigenvalue weighted by Gasteiger charge is -2.10. The summed E-state index contributed by atoms with van der Waals surface area (Å²) in [6, 6.07) is 14.8. The van der Waals surface area contributed by atoms with Crippen LogP contribution in [0, 0.1) is 5.82 Å². The number of halogens is 2. The van der Waals surface area contributed by atoms with Gasteiger partial charge in [-0.3, -0.25) is 4.79 Å². The van der Waals surface area contributed by atoms with E-state index in [1.807, 2.05) is 0 Å². The summed E-state index contributed by atoms with van der Waals surface area (Å²) in [4.78, 5) is 12.4. The Hall–Kier alpha value is -3.72. The SMILES string of the molecule is COc1ccc(Cl)cc1NC(=O)CCc1nnc2ccc(NCc3ccc(F)cc3)nn12. The molecule has 0 aliphatic carbocycles. The van der Waals surface area contributed by atoms with Crippen molar-refractivity contribution in [1.82, 2.24) is 19.8 Å². The summed E-state index contributed by atoms with van der Waals surface area (Å²) in [6.07, 6.45) is 0.510. The summed E-state index contributed by atoms with van der Waals surface area (Å²) in [5, 5.41) is 19.2. The van der Waals surface area contributed by atoms with Gasteiger partial charge in [-0.05, 0) is 48.0 Å². The third-order valence-corrected chi connectivity index (χ3v) is 4.96.